The molecule has 1 heterocycles. The second-order valence-corrected chi connectivity index (χ2v) is 5.88. The molecule has 4 nitrogen and oxygen atoms in total. The SMILES string of the molecule is CC(=O)c1cccc(O[C@@H](C)C(=O)c2c(C)[nH]c3ccccc23)c1. The summed E-state index contributed by atoms with van der Waals surface area (Å²) >= 11 is 0. The predicted molar refractivity (Wildman–Crippen MR) is 93.9 cm³/mol. The van der Waals surface area contributed by atoms with Crippen LogP contribution >= 0.6 is 0 Å². The molecule has 1 aromatic heterocycles. The maximum Gasteiger partial charge on any atom is 0.205 e. The first-order chi connectivity index (χ1) is 11.5. The van der Waals surface area contributed by atoms with Crippen LogP contribution < -0.4 is 4.74 Å². The molecule has 24 heavy (non-hydrogen) atoms. The van der Waals surface area contributed by atoms with Crippen LogP contribution in [0.3, 0.4) is 0 Å². The van der Waals surface area contributed by atoms with Gasteiger partial charge in [0.05, 0.1) is 0 Å². The molecule has 0 unspecified atom stereocenters. The van der Waals surface area contributed by atoms with Crippen LogP contribution in [0.1, 0.15) is 40.3 Å². The molecule has 3 aromatic rings. The van der Waals surface area contributed by atoms with E-state index >= 15 is 0 Å². The number of H-pyrrole nitrogens is 1. The Hall–Kier alpha value is -2.88. The number of carbonyl (C=O) groups excluding carboxylic acids is 2. The van der Waals surface area contributed by atoms with Gasteiger partial charge in [0.15, 0.2) is 11.9 Å². The van der Waals surface area contributed by atoms with Gasteiger partial charge >= 0.3 is 0 Å². The lowest BCUT2D eigenvalue weighted by molar-refractivity contribution is 0.0819. The Bertz CT molecular complexity index is 924. The second kappa shape index (κ2) is 6.32. The number of hydrogen-bond donors (Lipinski definition) is 1. The molecule has 0 spiro atoms. The van der Waals surface area contributed by atoms with Gasteiger partial charge in [0.1, 0.15) is 5.75 Å². The number of ether oxygens (including phenoxy) is 1. The lowest BCUT2D eigenvalue weighted by atomic mass is 10.0. The number of fused-ring (bicyclic) bond motifs is 1. The van der Waals surface area contributed by atoms with Crippen LogP contribution in [0.15, 0.2) is 48.5 Å². The van der Waals surface area contributed by atoms with Crippen LogP contribution in [0.2, 0.25) is 0 Å². The summed E-state index contributed by atoms with van der Waals surface area (Å²) in [6, 6.07) is 14.6. The number of nitrogens with one attached hydrogen (secondary N) is 1. The zero-order valence-electron chi connectivity index (χ0n) is 13.9. The largest absolute Gasteiger partial charge is 0.483 e. The Morgan fingerprint density at radius 3 is 2.58 bits per heavy atom. The number of aromatic amines is 1. The van der Waals surface area contributed by atoms with E-state index in [1.54, 1.807) is 31.2 Å². The van der Waals surface area contributed by atoms with Crippen molar-refractivity contribution in [2.75, 3.05) is 0 Å². The van der Waals surface area contributed by atoms with Gasteiger partial charge in [-0.2, -0.15) is 0 Å². The van der Waals surface area contributed by atoms with Crippen LogP contribution in [-0.4, -0.2) is 22.7 Å². The van der Waals surface area contributed by atoms with E-state index in [9.17, 15) is 9.59 Å². The van der Waals surface area contributed by atoms with Crippen molar-refractivity contribution >= 4 is 22.5 Å². The number of hydrogen-bond acceptors (Lipinski definition) is 3. The molecule has 0 saturated heterocycles. The summed E-state index contributed by atoms with van der Waals surface area (Å²) in [4.78, 5) is 27.5. The predicted octanol–water partition coefficient (Wildman–Crippen LogP) is 4.33. The molecule has 1 atom stereocenters. The van der Waals surface area contributed by atoms with Gasteiger partial charge in [-0.05, 0) is 39.0 Å². The number of Topliss-reactive ketones (excluding diaryl/α,β-unsaturated/α-hetero) is 2. The molecular weight excluding hydrogens is 302 g/mol. The van der Waals surface area contributed by atoms with E-state index in [0.29, 0.717) is 16.9 Å². The number of rotatable bonds is 5. The van der Waals surface area contributed by atoms with Crippen molar-refractivity contribution in [1.82, 2.24) is 4.98 Å². The fraction of sp³-hybridized carbons (Fsp3) is 0.200. The quantitative estimate of drug-likeness (QED) is 0.712. The first-order valence-electron chi connectivity index (χ1n) is 7.86. The summed E-state index contributed by atoms with van der Waals surface area (Å²) in [5, 5.41) is 0.896. The van der Waals surface area contributed by atoms with E-state index in [1.807, 2.05) is 31.2 Å². The topological polar surface area (TPSA) is 59.2 Å². The summed E-state index contributed by atoms with van der Waals surface area (Å²) in [6.45, 7) is 5.11. The van der Waals surface area contributed by atoms with E-state index in [2.05, 4.69) is 4.98 Å². The van der Waals surface area contributed by atoms with Gasteiger partial charge in [-0.1, -0.05) is 30.3 Å². The third-order valence-corrected chi connectivity index (χ3v) is 4.06. The van der Waals surface area contributed by atoms with Crippen LogP contribution in [-0.2, 0) is 0 Å². The van der Waals surface area contributed by atoms with Crippen LogP contribution in [0.4, 0.5) is 0 Å². The number of aromatic nitrogens is 1. The Labute approximate surface area is 140 Å². The number of ketones is 2. The van der Waals surface area contributed by atoms with Gasteiger partial charge in [0, 0.05) is 27.7 Å². The lowest BCUT2D eigenvalue weighted by Gasteiger charge is -2.14. The fourth-order valence-electron chi connectivity index (χ4n) is 2.84. The molecule has 0 radical (unpaired) electrons. The highest BCUT2D eigenvalue weighted by atomic mass is 16.5. The molecule has 0 amide bonds. The molecule has 3 rings (SSSR count). The highest BCUT2D eigenvalue weighted by molar-refractivity contribution is 6.11. The van der Waals surface area contributed by atoms with E-state index in [4.69, 9.17) is 4.74 Å². The third kappa shape index (κ3) is 2.95. The zero-order valence-corrected chi connectivity index (χ0v) is 13.9. The summed E-state index contributed by atoms with van der Waals surface area (Å²) in [7, 11) is 0. The second-order valence-electron chi connectivity index (χ2n) is 5.88. The fourth-order valence-corrected chi connectivity index (χ4v) is 2.84. The van der Waals surface area contributed by atoms with Crippen LogP contribution in [0, 0.1) is 6.92 Å². The Morgan fingerprint density at radius 1 is 1.08 bits per heavy atom. The van der Waals surface area contributed by atoms with Crippen LogP contribution in [0.5, 0.6) is 5.75 Å². The average molecular weight is 321 g/mol. The van der Waals surface area contributed by atoms with Crippen molar-refractivity contribution in [3.63, 3.8) is 0 Å². The Kier molecular flexibility index (Phi) is 4.21. The summed E-state index contributed by atoms with van der Waals surface area (Å²) in [5.74, 6) is 0.395. The summed E-state index contributed by atoms with van der Waals surface area (Å²) in [5.41, 5.74) is 2.98. The zero-order chi connectivity index (χ0) is 17.3. The van der Waals surface area contributed by atoms with Gasteiger partial charge in [-0.25, -0.2) is 0 Å². The maximum absolute atomic E-state index is 12.9. The highest BCUT2D eigenvalue weighted by Gasteiger charge is 2.22. The molecule has 0 saturated carbocycles. The molecular formula is C20H19NO3. The first-order valence-corrected chi connectivity index (χ1v) is 7.86. The normalized spacial score (nSPS) is 12.1. The van der Waals surface area contributed by atoms with Crippen LogP contribution in [0.25, 0.3) is 10.9 Å². The minimum atomic E-state index is -0.648. The number of carbonyl (C=O) groups is 2. The Balaban J connectivity index is 1.88. The average Bonchev–Trinajstić information content (AvgIpc) is 2.90. The van der Waals surface area contributed by atoms with Gasteiger partial charge in [0.2, 0.25) is 5.78 Å². The number of para-hydroxylation sites is 1. The van der Waals surface area contributed by atoms with Crippen molar-refractivity contribution in [2.24, 2.45) is 0 Å². The molecule has 1 N–H and O–H groups in total. The van der Waals surface area contributed by atoms with Gasteiger partial charge in [-0.3, -0.25) is 9.59 Å². The van der Waals surface area contributed by atoms with E-state index in [1.165, 1.54) is 6.92 Å². The van der Waals surface area contributed by atoms with Crippen molar-refractivity contribution < 1.29 is 14.3 Å². The minimum Gasteiger partial charge on any atom is -0.483 e. The molecule has 0 fully saturated rings. The van der Waals surface area contributed by atoms with Gasteiger partial charge in [0.25, 0.3) is 0 Å². The number of benzene rings is 2. The standard InChI is InChI=1S/C20H19NO3/c1-12-19(17-9-4-5-10-18(17)21-12)20(23)14(3)24-16-8-6-7-15(11-16)13(2)22/h4-11,14,21H,1-3H3/t14-/m0/s1. The molecule has 4 heteroatoms. The van der Waals surface area contributed by atoms with Crippen molar-refractivity contribution in [3.8, 4) is 5.75 Å². The first kappa shape index (κ1) is 16.0. The lowest BCUT2D eigenvalue weighted by Crippen LogP contribution is -2.24. The Morgan fingerprint density at radius 2 is 1.83 bits per heavy atom. The molecule has 0 aliphatic heterocycles. The third-order valence-electron chi connectivity index (χ3n) is 4.06. The van der Waals surface area contributed by atoms with Gasteiger partial charge in [-0.15, -0.1) is 0 Å². The van der Waals surface area contributed by atoms with E-state index < -0.39 is 6.10 Å². The summed E-state index contributed by atoms with van der Waals surface area (Å²) in [6.07, 6.45) is -0.648. The summed E-state index contributed by atoms with van der Waals surface area (Å²) < 4.78 is 5.78. The van der Waals surface area contributed by atoms with E-state index in [0.717, 1.165) is 16.6 Å². The van der Waals surface area contributed by atoms with Crippen molar-refractivity contribution in [3.05, 3.63) is 65.4 Å². The minimum absolute atomic E-state index is 0.0353. The monoisotopic (exact) mass is 321 g/mol. The van der Waals surface area contributed by atoms with Gasteiger partial charge < -0.3 is 9.72 Å². The molecule has 2 aromatic carbocycles. The molecule has 122 valence electrons. The molecule has 0 aliphatic carbocycles. The maximum atomic E-state index is 12.9. The van der Waals surface area contributed by atoms with Crippen molar-refractivity contribution in [1.29, 1.82) is 0 Å². The highest BCUT2D eigenvalue weighted by Crippen LogP contribution is 2.25. The van der Waals surface area contributed by atoms with E-state index in [-0.39, 0.29) is 11.6 Å². The smallest absolute Gasteiger partial charge is 0.205 e. The molecule has 0 bridgehead atoms. The number of aryl methyl sites for hydroxylation is 1. The van der Waals surface area contributed by atoms with Crippen molar-refractivity contribution in [2.45, 2.75) is 26.9 Å². The molecule has 0 aliphatic rings.